The van der Waals surface area contributed by atoms with E-state index in [4.69, 9.17) is 10.5 Å². The van der Waals surface area contributed by atoms with Crippen molar-refractivity contribution in [3.05, 3.63) is 29.3 Å². The van der Waals surface area contributed by atoms with Crippen LogP contribution in [0, 0.1) is 0 Å². The predicted molar refractivity (Wildman–Crippen MR) is 77.0 cm³/mol. The highest BCUT2D eigenvalue weighted by molar-refractivity contribution is 5.37. The number of aryl methyl sites for hydroxylation is 1. The normalized spacial score (nSPS) is 10.9. The van der Waals surface area contributed by atoms with Crippen LogP contribution in [-0.4, -0.2) is 31.6 Å². The lowest BCUT2D eigenvalue weighted by Crippen LogP contribution is -2.22. The maximum Gasteiger partial charge on any atom is 0.123 e. The van der Waals surface area contributed by atoms with Gasteiger partial charge in [0.15, 0.2) is 0 Å². The van der Waals surface area contributed by atoms with Gasteiger partial charge in [0, 0.05) is 12.1 Å². The van der Waals surface area contributed by atoms with Crippen molar-refractivity contribution in [1.29, 1.82) is 0 Å². The first kappa shape index (κ1) is 15.0. The van der Waals surface area contributed by atoms with E-state index in [0.29, 0.717) is 0 Å². The Morgan fingerprint density at radius 3 is 2.50 bits per heavy atom. The zero-order chi connectivity index (χ0) is 13.4. The first-order chi connectivity index (χ1) is 8.74. The molecule has 18 heavy (non-hydrogen) atoms. The summed E-state index contributed by atoms with van der Waals surface area (Å²) in [6, 6.07) is 6.47. The van der Waals surface area contributed by atoms with Crippen molar-refractivity contribution in [2.24, 2.45) is 5.73 Å². The second-order valence-corrected chi connectivity index (χ2v) is 4.50. The molecule has 0 aliphatic heterocycles. The number of methoxy groups -OCH3 is 1. The van der Waals surface area contributed by atoms with E-state index in [9.17, 15) is 0 Å². The number of nitrogens with zero attached hydrogens (tertiary/aromatic N) is 1. The third-order valence-electron chi connectivity index (χ3n) is 3.30. The quantitative estimate of drug-likeness (QED) is 0.770. The fraction of sp³-hybridized carbons (Fsp3) is 0.600. The molecule has 0 aliphatic rings. The summed E-state index contributed by atoms with van der Waals surface area (Å²) in [5, 5.41) is 0. The summed E-state index contributed by atoms with van der Waals surface area (Å²) in [5.41, 5.74) is 8.19. The van der Waals surface area contributed by atoms with Gasteiger partial charge in [0.05, 0.1) is 7.11 Å². The van der Waals surface area contributed by atoms with Gasteiger partial charge in [-0.15, -0.1) is 0 Å². The topological polar surface area (TPSA) is 38.5 Å². The van der Waals surface area contributed by atoms with Gasteiger partial charge in [-0.3, -0.25) is 4.90 Å². The summed E-state index contributed by atoms with van der Waals surface area (Å²) >= 11 is 0. The fourth-order valence-electron chi connectivity index (χ4n) is 2.11. The fourth-order valence-corrected chi connectivity index (χ4v) is 2.11. The van der Waals surface area contributed by atoms with Crippen molar-refractivity contribution in [2.75, 3.05) is 26.7 Å². The Hall–Kier alpha value is -1.06. The van der Waals surface area contributed by atoms with Gasteiger partial charge in [0.25, 0.3) is 0 Å². The van der Waals surface area contributed by atoms with Crippen LogP contribution >= 0.6 is 0 Å². The smallest absolute Gasteiger partial charge is 0.123 e. The average Bonchev–Trinajstić information content (AvgIpc) is 2.42. The summed E-state index contributed by atoms with van der Waals surface area (Å²) in [5.74, 6) is 0.985. The highest BCUT2D eigenvalue weighted by atomic mass is 16.5. The molecule has 0 saturated heterocycles. The maximum absolute atomic E-state index is 5.56. The highest BCUT2D eigenvalue weighted by Gasteiger charge is 2.08. The van der Waals surface area contributed by atoms with Gasteiger partial charge in [-0.2, -0.15) is 0 Å². The molecule has 1 aromatic rings. The molecule has 1 aromatic carbocycles. The molecule has 0 saturated carbocycles. The molecule has 0 aliphatic carbocycles. The Labute approximate surface area is 111 Å². The van der Waals surface area contributed by atoms with Crippen LogP contribution in [0.4, 0.5) is 0 Å². The third-order valence-corrected chi connectivity index (χ3v) is 3.30. The summed E-state index contributed by atoms with van der Waals surface area (Å²) in [6.45, 7) is 8.20. The maximum atomic E-state index is 5.56. The summed E-state index contributed by atoms with van der Waals surface area (Å²) in [4.78, 5) is 2.39. The van der Waals surface area contributed by atoms with Gasteiger partial charge < -0.3 is 10.5 Å². The Bertz CT molecular complexity index is 348. The number of hydrogen-bond acceptors (Lipinski definition) is 3. The van der Waals surface area contributed by atoms with Crippen molar-refractivity contribution >= 4 is 0 Å². The Morgan fingerprint density at radius 1 is 1.22 bits per heavy atom. The second kappa shape index (κ2) is 8.11. The van der Waals surface area contributed by atoms with E-state index >= 15 is 0 Å². The van der Waals surface area contributed by atoms with Crippen molar-refractivity contribution in [3.63, 3.8) is 0 Å². The van der Waals surface area contributed by atoms with Crippen molar-refractivity contribution in [2.45, 2.75) is 33.2 Å². The zero-order valence-corrected chi connectivity index (χ0v) is 11.9. The van der Waals surface area contributed by atoms with Gasteiger partial charge in [-0.1, -0.05) is 26.0 Å². The predicted octanol–water partition coefficient (Wildman–Crippen LogP) is 2.43. The van der Waals surface area contributed by atoms with E-state index in [2.05, 4.69) is 36.9 Å². The zero-order valence-electron chi connectivity index (χ0n) is 11.9. The molecule has 0 spiro atoms. The molecule has 3 heteroatoms. The molecule has 3 nitrogen and oxygen atoms in total. The summed E-state index contributed by atoms with van der Waals surface area (Å²) in [7, 11) is 1.74. The van der Waals surface area contributed by atoms with Crippen LogP contribution < -0.4 is 10.5 Å². The van der Waals surface area contributed by atoms with Crippen molar-refractivity contribution in [1.82, 2.24) is 4.90 Å². The van der Waals surface area contributed by atoms with Crippen LogP contribution in [0.3, 0.4) is 0 Å². The third kappa shape index (κ3) is 4.31. The first-order valence-corrected chi connectivity index (χ1v) is 6.83. The summed E-state index contributed by atoms with van der Waals surface area (Å²) < 4.78 is 5.44. The van der Waals surface area contributed by atoms with E-state index in [1.807, 2.05) is 0 Å². The van der Waals surface area contributed by atoms with Crippen LogP contribution in [0.15, 0.2) is 18.2 Å². The van der Waals surface area contributed by atoms with Crippen LogP contribution in [0.1, 0.15) is 31.4 Å². The van der Waals surface area contributed by atoms with Crippen LogP contribution in [0.2, 0.25) is 0 Å². The molecular formula is C15H26N2O. The first-order valence-electron chi connectivity index (χ1n) is 6.83. The van der Waals surface area contributed by atoms with Crippen molar-refractivity contribution in [3.8, 4) is 5.75 Å². The number of benzene rings is 1. The monoisotopic (exact) mass is 250 g/mol. The molecule has 0 radical (unpaired) electrons. The lowest BCUT2D eigenvalue weighted by molar-refractivity contribution is 0.289. The SMILES string of the molecule is CCN(CC)Cc1cc(CCCN)ccc1OC. The molecule has 0 fully saturated rings. The molecule has 1 rings (SSSR count). The molecule has 0 aromatic heterocycles. The average molecular weight is 250 g/mol. The van der Waals surface area contributed by atoms with Crippen molar-refractivity contribution < 1.29 is 4.74 Å². The largest absolute Gasteiger partial charge is 0.496 e. The lowest BCUT2D eigenvalue weighted by Gasteiger charge is -2.20. The number of rotatable bonds is 8. The minimum atomic E-state index is 0.747. The molecular weight excluding hydrogens is 224 g/mol. The van der Waals surface area contributed by atoms with Crippen LogP contribution in [-0.2, 0) is 13.0 Å². The molecule has 102 valence electrons. The Balaban J connectivity index is 2.84. The van der Waals surface area contributed by atoms with Gasteiger partial charge in [-0.25, -0.2) is 0 Å². The minimum Gasteiger partial charge on any atom is -0.496 e. The van der Waals surface area contributed by atoms with Gasteiger partial charge in [0.2, 0.25) is 0 Å². The standard InChI is InChI=1S/C15H26N2O/c1-4-17(5-2)12-14-11-13(7-6-10-16)8-9-15(14)18-3/h8-9,11H,4-7,10,12,16H2,1-3H3. The van der Waals surface area contributed by atoms with Gasteiger partial charge in [0.1, 0.15) is 5.75 Å². The molecule has 0 amide bonds. The minimum absolute atomic E-state index is 0.747. The molecule has 0 heterocycles. The second-order valence-electron chi connectivity index (χ2n) is 4.50. The van der Waals surface area contributed by atoms with Crippen LogP contribution in [0.25, 0.3) is 0 Å². The van der Waals surface area contributed by atoms with Gasteiger partial charge in [-0.05, 0) is 44.1 Å². The number of nitrogens with two attached hydrogens (primary N) is 1. The highest BCUT2D eigenvalue weighted by Crippen LogP contribution is 2.22. The van der Waals surface area contributed by atoms with E-state index in [-0.39, 0.29) is 0 Å². The van der Waals surface area contributed by atoms with E-state index in [1.54, 1.807) is 7.11 Å². The Morgan fingerprint density at radius 2 is 1.94 bits per heavy atom. The number of hydrogen-bond donors (Lipinski definition) is 1. The molecule has 0 atom stereocenters. The summed E-state index contributed by atoms with van der Waals surface area (Å²) in [6.07, 6.45) is 2.09. The molecule has 0 unspecified atom stereocenters. The van der Waals surface area contributed by atoms with E-state index in [1.165, 1.54) is 11.1 Å². The van der Waals surface area contributed by atoms with E-state index in [0.717, 1.165) is 44.8 Å². The van der Waals surface area contributed by atoms with E-state index < -0.39 is 0 Å². The van der Waals surface area contributed by atoms with Crippen LogP contribution in [0.5, 0.6) is 5.75 Å². The molecule has 2 N–H and O–H groups in total. The Kier molecular flexibility index (Phi) is 6.76. The molecule has 0 bridgehead atoms. The van der Waals surface area contributed by atoms with Gasteiger partial charge >= 0.3 is 0 Å². The lowest BCUT2D eigenvalue weighted by atomic mass is 10.0. The number of ether oxygens (including phenoxy) is 1.